The van der Waals surface area contributed by atoms with Crippen molar-refractivity contribution >= 4 is 62.3 Å². The number of carbonyl (C=O) groups excluding carboxylic acids is 2. The molecule has 11 heteroatoms. The average Bonchev–Trinajstić information content (AvgIpc) is 2.89. The first kappa shape index (κ1) is 32.7. The van der Waals surface area contributed by atoms with Crippen molar-refractivity contribution in [3.05, 3.63) is 99.0 Å². The van der Waals surface area contributed by atoms with Crippen molar-refractivity contribution in [2.75, 3.05) is 17.1 Å². The Bertz CT molecular complexity index is 1450. The monoisotopic (exact) mass is 637 g/mol. The molecule has 1 atom stereocenters. The highest BCUT2D eigenvalue weighted by molar-refractivity contribution is 7.92. The predicted molar refractivity (Wildman–Crippen MR) is 167 cm³/mol. The minimum atomic E-state index is -3.64. The number of nitrogens with zero attached hydrogens (tertiary/aromatic N) is 2. The first-order valence-corrected chi connectivity index (χ1v) is 16.1. The maximum atomic E-state index is 13.9. The molecule has 0 saturated carbocycles. The maximum absolute atomic E-state index is 13.9. The van der Waals surface area contributed by atoms with E-state index in [2.05, 4.69) is 5.32 Å². The fraction of sp³-hybridized carbons (Fsp3) is 0.333. The third-order valence-electron chi connectivity index (χ3n) is 6.31. The Balaban J connectivity index is 1.91. The highest BCUT2D eigenvalue weighted by Gasteiger charge is 2.31. The second-order valence-electron chi connectivity index (χ2n) is 10.0. The number of nitrogens with one attached hydrogen (secondary N) is 1. The van der Waals surface area contributed by atoms with Crippen molar-refractivity contribution in [1.82, 2.24) is 10.2 Å². The Labute approximate surface area is 257 Å². The van der Waals surface area contributed by atoms with Crippen LogP contribution >= 0.6 is 34.8 Å². The summed E-state index contributed by atoms with van der Waals surface area (Å²) in [5.41, 5.74) is 1.94. The van der Waals surface area contributed by atoms with Gasteiger partial charge in [0, 0.05) is 47.0 Å². The van der Waals surface area contributed by atoms with Crippen molar-refractivity contribution in [2.45, 2.75) is 51.7 Å². The van der Waals surface area contributed by atoms with Gasteiger partial charge in [0.15, 0.2) is 0 Å². The molecule has 0 saturated heterocycles. The van der Waals surface area contributed by atoms with Crippen molar-refractivity contribution in [3.63, 3.8) is 0 Å². The van der Waals surface area contributed by atoms with E-state index in [0.717, 1.165) is 11.8 Å². The van der Waals surface area contributed by atoms with E-state index in [1.54, 1.807) is 42.5 Å². The summed E-state index contributed by atoms with van der Waals surface area (Å²) in [6.07, 6.45) is 1.61. The molecule has 0 aliphatic carbocycles. The summed E-state index contributed by atoms with van der Waals surface area (Å²) in [6, 6.07) is 20.0. The fourth-order valence-electron chi connectivity index (χ4n) is 4.40. The molecular weight excluding hydrogens is 605 g/mol. The molecule has 7 nitrogen and oxygen atoms in total. The Morgan fingerprint density at radius 3 is 2.20 bits per heavy atom. The quantitative estimate of drug-likeness (QED) is 0.236. The lowest BCUT2D eigenvalue weighted by Gasteiger charge is -2.32. The molecule has 0 aliphatic heterocycles. The lowest BCUT2D eigenvalue weighted by atomic mass is 10.0. The molecule has 1 N–H and O–H groups in total. The van der Waals surface area contributed by atoms with Gasteiger partial charge >= 0.3 is 0 Å². The summed E-state index contributed by atoms with van der Waals surface area (Å²) >= 11 is 18.7. The summed E-state index contributed by atoms with van der Waals surface area (Å²) < 4.78 is 26.4. The van der Waals surface area contributed by atoms with Crippen LogP contribution in [0.5, 0.6) is 0 Å². The molecule has 3 rings (SSSR count). The molecule has 41 heavy (non-hydrogen) atoms. The zero-order valence-electron chi connectivity index (χ0n) is 23.2. The standard InChI is InChI=1S/C30H34Cl3N3O4S/c1-21(2)34-30(38)28(17-22-9-5-4-6-10-22)35(20-23-14-15-25(32)19-27(23)33)29(37)13-8-16-36(41(3,39)40)26-12-7-11-24(31)18-26/h4-7,9-12,14-15,18-19,21,28H,8,13,16-17,20H2,1-3H3,(H,34,38)/t28-/m0/s1. The Morgan fingerprint density at radius 1 is 0.902 bits per heavy atom. The molecule has 3 aromatic carbocycles. The van der Waals surface area contributed by atoms with Crippen LogP contribution < -0.4 is 9.62 Å². The van der Waals surface area contributed by atoms with Crippen LogP contribution in [0, 0.1) is 0 Å². The van der Waals surface area contributed by atoms with E-state index in [9.17, 15) is 18.0 Å². The van der Waals surface area contributed by atoms with Gasteiger partial charge in [-0.3, -0.25) is 13.9 Å². The molecule has 0 radical (unpaired) electrons. The molecule has 0 heterocycles. The summed E-state index contributed by atoms with van der Waals surface area (Å²) in [7, 11) is -3.64. The first-order valence-electron chi connectivity index (χ1n) is 13.2. The minimum absolute atomic E-state index is 0.00194. The van der Waals surface area contributed by atoms with Crippen LogP contribution in [-0.2, 0) is 32.6 Å². The van der Waals surface area contributed by atoms with Gasteiger partial charge in [0.2, 0.25) is 21.8 Å². The number of rotatable bonds is 13. The van der Waals surface area contributed by atoms with Crippen LogP contribution in [-0.4, -0.2) is 50.0 Å². The molecule has 0 aliphatic rings. The van der Waals surface area contributed by atoms with E-state index in [4.69, 9.17) is 34.8 Å². The highest BCUT2D eigenvalue weighted by atomic mass is 35.5. The van der Waals surface area contributed by atoms with E-state index in [0.29, 0.717) is 26.3 Å². The largest absolute Gasteiger partial charge is 0.352 e. The second-order valence-corrected chi connectivity index (χ2v) is 13.2. The lowest BCUT2D eigenvalue weighted by Crippen LogP contribution is -2.51. The zero-order chi connectivity index (χ0) is 30.2. The summed E-state index contributed by atoms with van der Waals surface area (Å²) in [5, 5.41) is 4.18. The minimum Gasteiger partial charge on any atom is -0.352 e. The van der Waals surface area contributed by atoms with Gasteiger partial charge in [0.05, 0.1) is 11.9 Å². The molecule has 2 amide bonds. The first-order chi connectivity index (χ1) is 19.3. The predicted octanol–water partition coefficient (Wildman–Crippen LogP) is 6.36. The number of hydrogen-bond acceptors (Lipinski definition) is 4. The normalized spacial score (nSPS) is 12.2. The molecule has 0 aromatic heterocycles. The fourth-order valence-corrected chi connectivity index (χ4v) is 6.01. The summed E-state index contributed by atoms with van der Waals surface area (Å²) in [4.78, 5) is 28.9. The number of hydrogen-bond donors (Lipinski definition) is 1. The molecule has 0 spiro atoms. The van der Waals surface area contributed by atoms with Crippen molar-refractivity contribution in [2.24, 2.45) is 0 Å². The number of halogens is 3. The number of carbonyl (C=O) groups is 2. The third-order valence-corrected chi connectivity index (χ3v) is 8.32. The van der Waals surface area contributed by atoms with E-state index >= 15 is 0 Å². The number of anilines is 1. The van der Waals surface area contributed by atoms with Crippen LogP contribution in [0.4, 0.5) is 5.69 Å². The van der Waals surface area contributed by atoms with Crippen LogP contribution in [0.2, 0.25) is 15.1 Å². The lowest BCUT2D eigenvalue weighted by molar-refractivity contribution is -0.141. The number of sulfonamides is 1. The molecular formula is C30H34Cl3N3O4S. The smallest absolute Gasteiger partial charge is 0.243 e. The highest BCUT2D eigenvalue weighted by Crippen LogP contribution is 2.26. The third kappa shape index (κ3) is 9.92. The topological polar surface area (TPSA) is 86.8 Å². The Kier molecular flexibility index (Phi) is 11.9. The van der Waals surface area contributed by atoms with Crippen LogP contribution in [0.15, 0.2) is 72.8 Å². The van der Waals surface area contributed by atoms with Crippen LogP contribution in [0.1, 0.15) is 37.8 Å². The van der Waals surface area contributed by atoms with E-state index < -0.39 is 16.1 Å². The summed E-state index contributed by atoms with van der Waals surface area (Å²) in [6.45, 7) is 3.84. The van der Waals surface area contributed by atoms with Gasteiger partial charge in [0.1, 0.15) is 6.04 Å². The van der Waals surface area contributed by atoms with Crippen LogP contribution in [0.25, 0.3) is 0 Å². The van der Waals surface area contributed by atoms with Crippen molar-refractivity contribution in [1.29, 1.82) is 0 Å². The van der Waals surface area contributed by atoms with Gasteiger partial charge in [-0.1, -0.05) is 77.3 Å². The SMILES string of the molecule is CC(C)NC(=O)[C@H](Cc1ccccc1)N(Cc1ccc(Cl)cc1Cl)C(=O)CCCN(c1cccc(Cl)c1)S(C)(=O)=O. The molecule has 3 aromatic rings. The van der Waals surface area contributed by atoms with Gasteiger partial charge in [-0.25, -0.2) is 8.42 Å². The van der Waals surface area contributed by atoms with Gasteiger partial charge in [-0.2, -0.15) is 0 Å². The van der Waals surface area contributed by atoms with Crippen LogP contribution in [0.3, 0.4) is 0 Å². The second kappa shape index (κ2) is 14.9. The maximum Gasteiger partial charge on any atom is 0.243 e. The van der Waals surface area contributed by atoms with Gasteiger partial charge in [-0.05, 0) is 61.7 Å². The molecule has 0 bridgehead atoms. The molecule has 220 valence electrons. The number of amides is 2. The zero-order valence-corrected chi connectivity index (χ0v) is 26.3. The Hall–Kier alpha value is -2.78. The molecule has 0 unspecified atom stereocenters. The van der Waals surface area contributed by atoms with E-state index in [1.165, 1.54) is 9.21 Å². The van der Waals surface area contributed by atoms with E-state index in [-0.39, 0.29) is 50.2 Å². The van der Waals surface area contributed by atoms with Gasteiger partial charge in [-0.15, -0.1) is 0 Å². The summed E-state index contributed by atoms with van der Waals surface area (Å²) in [5.74, 6) is -0.602. The van der Waals surface area contributed by atoms with E-state index in [1.807, 2.05) is 44.2 Å². The van der Waals surface area contributed by atoms with Crippen molar-refractivity contribution < 1.29 is 18.0 Å². The Morgan fingerprint density at radius 2 is 1.59 bits per heavy atom. The number of benzene rings is 3. The average molecular weight is 639 g/mol. The van der Waals surface area contributed by atoms with Gasteiger partial charge < -0.3 is 10.2 Å². The van der Waals surface area contributed by atoms with Crippen molar-refractivity contribution in [3.8, 4) is 0 Å². The molecule has 0 fully saturated rings. The van der Waals surface area contributed by atoms with Gasteiger partial charge in [0.25, 0.3) is 0 Å².